The summed E-state index contributed by atoms with van der Waals surface area (Å²) in [5.41, 5.74) is 2.76. The van der Waals surface area contributed by atoms with Crippen molar-refractivity contribution in [3.05, 3.63) is 35.4 Å². The van der Waals surface area contributed by atoms with Crippen LogP contribution in [0.4, 0.5) is 0 Å². The molecule has 1 fully saturated rings. The second-order valence-corrected chi connectivity index (χ2v) is 8.70. The Morgan fingerprint density at radius 1 is 0.844 bits per heavy atom. The van der Waals surface area contributed by atoms with Gasteiger partial charge < -0.3 is 23.8 Å². The second-order valence-electron chi connectivity index (χ2n) is 8.70. The number of aromatic hydroxyl groups is 1. The first kappa shape index (κ1) is 22.5. The molecule has 0 aromatic heterocycles. The number of methoxy groups -OCH3 is 3. The van der Waals surface area contributed by atoms with Gasteiger partial charge in [0.15, 0.2) is 23.0 Å². The molecule has 5 rings (SSSR count). The van der Waals surface area contributed by atoms with Crippen molar-refractivity contribution in [1.29, 1.82) is 0 Å². The van der Waals surface area contributed by atoms with Gasteiger partial charge in [0.2, 0.25) is 0 Å². The molecule has 5 nitrogen and oxygen atoms in total. The van der Waals surface area contributed by atoms with Gasteiger partial charge in [-0.1, -0.05) is 13.8 Å². The molecule has 0 aliphatic carbocycles. The molecular weight excluding hydrogens is 402 g/mol. The summed E-state index contributed by atoms with van der Waals surface area (Å²) in [5.74, 6) is 2.16. The fourth-order valence-corrected chi connectivity index (χ4v) is 5.98. The quantitative estimate of drug-likeness (QED) is 0.413. The zero-order valence-corrected chi connectivity index (χ0v) is 20.2. The number of fused-ring (bicyclic) bond motifs is 7. The van der Waals surface area contributed by atoms with Gasteiger partial charge >= 0.3 is 0 Å². The van der Waals surface area contributed by atoms with E-state index in [9.17, 15) is 5.11 Å². The highest BCUT2D eigenvalue weighted by Gasteiger charge is 2.45. The summed E-state index contributed by atoms with van der Waals surface area (Å²) >= 11 is 0. The molecule has 0 saturated carbocycles. The summed E-state index contributed by atoms with van der Waals surface area (Å²) in [6.07, 6.45) is 3.64. The van der Waals surface area contributed by atoms with Gasteiger partial charge in [0, 0.05) is 24.8 Å². The van der Waals surface area contributed by atoms with Crippen molar-refractivity contribution in [3.8, 4) is 23.0 Å². The lowest BCUT2D eigenvalue weighted by atomic mass is 9.84. The standard InChI is InChI=1S/C25H29NO4.C2H6/c1-5-26-8-6-7-15(26)9-16-19-12-24(29-3)25(30-4)13-20(19)18-11-23(28-2)22(27)10-17(18)21(16)14-26;1-2/h10-13,15H,5-9,14H2,1-4H3;1-2H3/p+1. The fraction of sp³-hybridized carbons (Fsp3) is 0.481. The Morgan fingerprint density at radius 3 is 2.00 bits per heavy atom. The number of hydrogen-bond acceptors (Lipinski definition) is 4. The van der Waals surface area contributed by atoms with Crippen molar-refractivity contribution >= 4 is 21.5 Å². The van der Waals surface area contributed by atoms with E-state index in [2.05, 4.69) is 19.1 Å². The third kappa shape index (κ3) is 3.25. The molecule has 0 amide bonds. The number of quaternary nitrogens is 1. The molecule has 172 valence electrons. The lowest BCUT2D eigenvalue weighted by molar-refractivity contribution is -0.952. The highest BCUT2D eigenvalue weighted by atomic mass is 16.5. The van der Waals surface area contributed by atoms with Gasteiger partial charge in [-0.3, -0.25) is 0 Å². The predicted octanol–water partition coefficient (Wildman–Crippen LogP) is 5.81. The van der Waals surface area contributed by atoms with Crippen LogP contribution in [0.3, 0.4) is 0 Å². The van der Waals surface area contributed by atoms with E-state index < -0.39 is 0 Å². The van der Waals surface area contributed by atoms with Gasteiger partial charge in [0.1, 0.15) is 6.54 Å². The maximum absolute atomic E-state index is 10.6. The Hall–Kier alpha value is -2.66. The second kappa shape index (κ2) is 8.70. The smallest absolute Gasteiger partial charge is 0.161 e. The van der Waals surface area contributed by atoms with Crippen molar-refractivity contribution in [1.82, 2.24) is 0 Å². The zero-order chi connectivity index (χ0) is 23.0. The molecule has 2 aliphatic rings. The molecule has 0 spiro atoms. The summed E-state index contributed by atoms with van der Waals surface area (Å²) in [6.45, 7) is 9.73. The molecule has 3 aromatic carbocycles. The van der Waals surface area contributed by atoms with Gasteiger partial charge in [0.25, 0.3) is 0 Å². The summed E-state index contributed by atoms with van der Waals surface area (Å²) < 4.78 is 17.9. The summed E-state index contributed by atoms with van der Waals surface area (Å²) in [4.78, 5) is 0. The number of phenols is 1. The third-order valence-electron chi connectivity index (χ3n) is 7.61. The molecule has 5 heteroatoms. The van der Waals surface area contributed by atoms with Crippen LogP contribution in [-0.4, -0.2) is 50.1 Å². The lowest BCUT2D eigenvalue weighted by Gasteiger charge is -2.44. The molecule has 0 radical (unpaired) electrons. The van der Waals surface area contributed by atoms with Gasteiger partial charge in [-0.15, -0.1) is 0 Å². The van der Waals surface area contributed by atoms with Gasteiger partial charge in [-0.05, 0) is 58.3 Å². The molecule has 2 aliphatic heterocycles. The molecule has 2 heterocycles. The number of hydrogen-bond donors (Lipinski definition) is 1. The van der Waals surface area contributed by atoms with E-state index >= 15 is 0 Å². The Morgan fingerprint density at radius 2 is 1.41 bits per heavy atom. The highest BCUT2D eigenvalue weighted by Crippen LogP contribution is 2.47. The van der Waals surface area contributed by atoms with Crippen LogP contribution in [0.2, 0.25) is 0 Å². The monoisotopic (exact) mass is 438 g/mol. The summed E-state index contributed by atoms with van der Waals surface area (Å²) in [5, 5.41) is 15.2. The summed E-state index contributed by atoms with van der Waals surface area (Å²) in [7, 11) is 4.95. The zero-order valence-electron chi connectivity index (χ0n) is 20.2. The number of phenolic OH excluding ortho intramolecular Hbond substituents is 1. The Bertz CT molecular complexity index is 1160. The van der Waals surface area contributed by atoms with Crippen LogP contribution in [0.1, 0.15) is 44.7 Å². The van der Waals surface area contributed by atoms with Crippen molar-refractivity contribution in [2.45, 2.75) is 52.6 Å². The first-order valence-electron chi connectivity index (χ1n) is 11.8. The van der Waals surface area contributed by atoms with E-state index in [-0.39, 0.29) is 5.75 Å². The average Bonchev–Trinajstić information content (AvgIpc) is 3.26. The van der Waals surface area contributed by atoms with Crippen LogP contribution in [-0.2, 0) is 13.0 Å². The minimum absolute atomic E-state index is 0.193. The highest BCUT2D eigenvalue weighted by molar-refractivity contribution is 6.12. The lowest BCUT2D eigenvalue weighted by Crippen LogP contribution is -2.54. The van der Waals surface area contributed by atoms with Crippen LogP contribution in [0.25, 0.3) is 21.5 Å². The number of likely N-dealkylation sites (N-methyl/N-ethyl adjacent to an activating group) is 1. The largest absolute Gasteiger partial charge is 0.504 e. The van der Waals surface area contributed by atoms with E-state index in [1.165, 1.54) is 35.9 Å². The van der Waals surface area contributed by atoms with Crippen LogP contribution >= 0.6 is 0 Å². The van der Waals surface area contributed by atoms with Crippen molar-refractivity contribution < 1.29 is 23.8 Å². The van der Waals surface area contributed by atoms with Crippen LogP contribution < -0.4 is 14.2 Å². The van der Waals surface area contributed by atoms with Crippen molar-refractivity contribution in [2.24, 2.45) is 0 Å². The first-order valence-corrected chi connectivity index (χ1v) is 11.8. The summed E-state index contributed by atoms with van der Waals surface area (Å²) in [6, 6.07) is 8.73. The van der Waals surface area contributed by atoms with Gasteiger partial charge in [-0.25, -0.2) is 0 Å². The minimum Gasteiger partial charge on any atom is -0.504 e. The molecule has 32 heavy (non-hydrogen) atoms. The van der Waals surface area contributed by atoms with E-state index in [1.807, 2.05) is 26.0 Å². The molecule has 2 unspecified atom stereocenters. The number of ether oxygens (including phenoxy) is 3. The normalized spacial score (nSPS) is 21.5. The maximum Gasteiger partial charge on any atom is 0.161 e. The molecular formula is C27H36NO4+. The Kier molecular flexibility index (Phi) is 6.13. The average molecular weight is 439 g/mol. The predicted molar refractivity (Wildman–Crippen MR) is 130 cm³/mol. The van der Waals surface area contributed by atoms with Crippen molar-refractivity contribution in [2.75, 3.05) is 34.4 Å². The van der Waals surface area contributed by atoms with E-state index in [1.54, 1.807) is 21.3 Å². The van der Waals surface area contributed by atoms with Gasteiger partial charge in [0.05, 0.1) is 40.5 Å². The van der Waals surface area contributed by atoms with E-state index in [0.717, 1.165) is 45.9 Å². The van der Waals surface area contributed by atoms with Crippen LogP contribution in [0.15, 0.2) is 24.3 Å². The Labute approximate surface area is 191 Å². The minimum atomic E-state index is 0.193. The molecule has 1 N–H and O–H groups in total. The topological polar surface area (TPSA) is 47.9 Å². The SMILES string of the molecule is CC.CC[N+]12CCCC1Cc1c(c3cc(O)c(OC)cc3c3cc(OC)c(OC)cc13)C2. The number of benzene rings is 3. The fourth-order valence-electron chi connectivity index (χ4n) is 5.98. The van der Waals surface area contributed by atoms with E-state index in [0.29, 0.717) is 17.5 Å². The Balaban J connectivity index is 0.00000119. The molecule has 0 bridgehead atoms. The molecule has 2 atom stereocenters. The van der Waals surface area contributed by atoms with Gasteiger partial charge in [-0.2, -0.15) is 0 Å². The van der Waals surface area contributed by atoms with Crippen molar-refractivity contribution in [3.63, 3.8) is 0 Å². The maximum atomic E-state index is 10.6. The van der Waals surface area contributed by atoms with E-state index in [4.69, 9.17) is 14.2 Å². The number of nitrogens with zero attached hydrogens (tertiary/aromatic N) is 1. The third-order valence-corrected chi connectivity index (χ3v) is 7.61. The van der Waals surface area contributed by atoms with Crippen LogP contribution in [0.5, 0.6) is 23.0 Å². The molecule has 1 saturated heterocycles. The first-order chi connectivity index (χ1) is 15.5. The number of rotatable bonds is 4. The van der Waals surface area contributed by atoms with Crippen LogP contribution in [0, 0.1) is 0 Å². The molecule has 3 aromatic rings.